The van der Waals surface area contributed by atoms with E-state index in [-0.39, 0.29) is 19.6 Å². The molecule has 1 amide bonds. The average molecular weight is 415 g/mol. The third-order valence-electron chi connectivity index (χ3n) is 4.49. The summed E-state index contributed by atoms with van der Waals surface area (Å²) in [6.45, 7) is 2.74. The maximum Gasteiger partial charge on any atom is 0.407 e. The normalized spacial score (nSPS) is 14.3. The fourth-order valence-electron chi connectivity index (χ4n) is 3.02. The molecular weight excluding hydrogens is 390 g/mol. The highest BCUT2D eigenvalue weighted by atomic mass is 16.6. The van der Waals surface area contributed by atoms with Crippen LogP contribution in [0.5, 0.6) is 11.5 Å². The Hall–Kier alpha value is -3.26. The number of fused-ring (bicyclic) bond motifs is 1. The Bertz CT molecular complexity index is 856. The van der Waals surface area contributed by atoms with Gasteiger partial charge in [0.05, 0.1) is 12.6 Å². The fourth-order valence-corrected chi connectivity index (χ4v) is 3.02. The Labute approximate surface area is 174 Å². The zero-order valence-corrected chi connectivity index (χ0v) is 16.7. The third-order valence-corrected chi connectivity index (χ3v) is 4.49. The second-order valence-electron chi connectivity index (χ2n) is 6.69. The molecule has 0 bridgehead atoms. The van der Waals surface area contributed by atoms with Gasteiger partial charge in [0.1, 0.15) is 19.8 Å². The van der Waals surface area contributed by atoms with E-state index in [9.17, 15) is 14.7 Å². The highest BCUT2D eigenvalue weighted by Gasteiger charge is 2.30. The first-order valence-corrected chi connectivity index (χ1v) is 9.77. The van der Waals surface area contributed by atoms with E-state index in [0.717, 1.165) is 11.1 Å². The lowest BCUT2D eigenvalue weighted by Crippen LogP contribution is -2.49. The van der Waals surface area contributed by atoms with Crippen LogP contribution in [-0.4, -0.2) is 49.1 Å². The van der Waals surface area contributed by atoms with Crippen LogP contribution in [0.25, 0.3) is 0 Å². The quantitative estimate of drug-likeness (QED) is 0.637. The Morgan fingerprint density at radius 2 is 1.77 bits per heavy atom. The largest absolute Gasteiger partial charge is 0.486 e. The Morgan fingerprint density at radius 3 is 2.50 bits per heavy atom. The number of alkyl carbamates (subject to hydrolysis) is 1. The molecule has 0 aliphatic carbocycles. The Kier molecular flexibility index (Phi) is 7.51. The summed E-state index contributed by atoms with van der Waals surface area (Å²) in [4.78, 5) is 24.4. The molecule has 2 atom stereocenters. The van der Waals surface area contributed by atoms with Crippen LogP contribution in [-0.2, 0) is 27.3 Å². The average Bonchev–Trinajstić information content (AvgIpc) is 2.77. The van der Waals surface area contributed by atoms with Crippen molar-refractivity contribution in [2.45, 2.75) is 32.1 Å². The first-order chi connectivity index (χ1) is 14.6. The molecule has 0 fully saturated rings. The van der Waals surface area contributed by atoms with Crippen molar-refractivity contribution in [2.75, 3.05) is 19.8 Å². The number of esters is 1. The highest BCUT2D eigenvalue weighted by molar-refractivity contribution is 5.77. The smallest absolute Gasteiger partial charge is 0.407 e. The number of hydrogen-bond donors (Lipinski definition) is 2. The zero-order valence-electron chi connectivity index (χ0n) is 16.7. The van der Waals surface area contributed by atoms with Crippen molar-refractivity contribution in [2.24, 2.45) is 0 Å². The number of carbonyl (C=O) groups excluding carboxylic acids is 2. The molecule has 30 heavy (non-hydrogen) atoms. The lowest BCUT2D eigenvalue weighted by atomic mass is 10.0. The molecule has 2 aromatic carbocycles. The molecule has 2 unspecified atom stereocenters. The number of carbonyl (C=O) groups is 2. The highest BCUT2D eigenvalue weighted by Crippen LogP contribution is 2.31. The lowest BCUT2D eigenvalue weighted by molar-refractivity contribution is -0.154. The number of aliphatic hydroxyl groups excluding tert-OH is 1. The van der Waals surface area contributed by atoms with Crippen LogP contribution in [0.2, 0.25) is 0 Å². The van der Waals surface area contributed by atoms with Crippen LogP contribution in [0, 0.1) is 0 Å². The molecule has 1 heterocycles. The molecule has 160 valence electrons. The standard InChI is InChI=1S/C22H25NO7/c1-2-27-21(25)20(24)17(23-22(26)30-14-15-6-4-3-5-7-15)12-16-8-9-18-19(13-16)29-11-10-28-18/h3-9,13,17,20,24H,2,10-12,14H2,1H3,(H,23,26). The van der Waals surface area contributed by atoms with Crippen LogP contribution >= 0.6 is 0 Å². The van der Waals surface area contributed by atoms with Gasteiger partial charge in [0.15, 0.2) is 17.6 Å². The Balaban J connectivity index is 1.68. The van der Waals surface area contributed by atoms with E-state index in [1.54, 1.807) is 25.1 Å². The summed E-state index contributed by atoms with van der Waals surface area (Å²) < 4.78 is 21.2. The van der Waals surface area contributed by atoms with E-state index >= 15 is 0 Å². The summed E-state index contributed by atoms with van der Waals surface area (Å²) in [5.74, 6) is 0.390. The summed E-state index contributed by atoms with van der Waals surface area (Å²) >= 11 is 0. The number of amides is 1. The monoisotopic (exact) mass is 415 g/mol. The second kappa shape index (κ2) is 10.5. The second-order valence-corrected chi connectivity index (χ2v) is 6.69. The molecule has 1 aliphatic heterocycles. The molecule has 0 spiro atoms. The van der Waals surface area contributed by atoms with Crippen molar-refractivity contribution in [3.05, 3.63) is 59.7 Å². The lowest BCUT2D eigenvalue weighted by Gasteiger charge is -2.24. The molecule has 8 heteroatoms. The molecular formula is C22H25NO7. The van der Waals surface area contributed by atoms with Crippen molar-refractivity contribution in [3.8, 4) is 11.5 Å². The van der Waals surface area contributed by atoms with E-state index in [2.05, 4.69) is 5.32 Å². The van der Waals surface area contributed by atoms with Gasteiger partial charge in [0, 0.05) is 0 Å². The number of rotatable bonds is 8. The van der Waals surface area contributed by atoms with E-state index < -0.39 is 24.2 Å². The van der Waals surface area contributed by atoms with Crippen molar-refractivity contribution < 1.29 is 33.6 Å². The zero-order chi connectivity index (χ0) is 21.3. The van der Waals surface area contributed by atoms with E-state index in [0.29, 0.717) is 24.7 Å². The van der Waals surface area contributed by atoms with Crippen LogP contribution in [0.1, 0.15) is 18.1 Å². The summed E-state index contributed by atoms with van der Waals surface area (Å²) in [6.07, 6.45) is -2.14. The van der Waals surface area contributed by atoms with Crippen LogP contribution in [0.3, 0.4) is 0 Å². The van der Waals surface area contributed by atoms with Gasteiger partial charge in [0.25, 0.3) is 0 Å². The number of aliphatic hydroxyl groups is 1. The minimum atomic E-state index is -1.55. The van der Waals surface area contributed by atoms with Crippen molar-refractivity contribution in [1.82, 2.24) is 5.32 Å². The first kappa shape index (κ1) is 21.4. The molecule has 0 aromatic heterocycles. The number of hydrogen-bond acceptors (Lipinski definition) is 7. The molecule has 2 aromatic rings. The molecule has 2 N–H and O–H groups in total. The summed E-state index contributed by atoms with van der Waals surface area (Å²) in [5.41, 5.74) is 1.57. The van der Waals surface area contributed by atoms with Gasteiger partial charge < -0.3 is 29.4 Å². The van der Waals surface area contributed by atoms with Crippen LogP contribution in [0.4, 0.5) is 4.79 Å². The van der Waals surface area contributed by atoms with Crippen molar-refractivity contribution >= 4 is 12.1 Å². The van der Waals surface area contributed by atoms with Gasteiger partial charge >= 0.3 is 12.1 Å². The van der Waals surface area contributed by atoms with Gasteiger partial charge in [-0.05, 0) is 36.6 Å². The van der Waals surface area contributed by atoms with Gasteiger partial charge in [-0.15, -0.1) is 0 Å². The molecule has 8 nitrogen and oxygen atoms in total. The summed E-state index contributed by atoms with van der Waals surface area (Å²) in [7, 11) is 0. The third kappa shape index (κ3) is 5.87. The van der Waals surface area contributed by atoms with Gasteiger partial charge in [-0.1, -0.05) is 36.4 Å². The molecule has 0 saturated carbocycles. The van der Waals surface area contributed by atoms with Gasteiger partial charge in [-0.2, -0.15) is 0 Å². The minimum Gasteiger partial charge on any atom is -0.486 e. The predicted octanol–water partition coefficient (Wildman–Crippen LogP) is 2.22. The molecule has 0 saturated heterocycles. The predicted molar refractivity (Wildman–Crippen MR) is 107 cm³/mol. The molecule has 1 aliphatic rings. The van der Waals surface area contributed by atoms with Gasteiger partial charge in [-0.25, -0.2) is 9.59 Å². The summed E-state index contributed by atoms with van der Waals surface area (Å²) in [6, 6.07) is 13.5. The SMILES string of the molecule is CCOC(=O)C(O)C(Cc1ccc2c(c1)OCCO2)NC(=O)OCc1ccccc1. The van der Waals surface area contributed by atoms with Gasteiger partial charge in [-0.3, -0.25) is 0 Å². The number of nitrogens with one attached hydrogen (secondary N) is 1. The molecule has 0 radical (unpaired) electrons. The maximum atomic E-state index is 12.3. The topological polar surface area (TPSA) is 103 Å². The molecule has 3 rings (SSSR count). The number of benzene rings is 2. The fraction of sp³-hybridized carbons (Fsp3) is 0.364. The summed E-state index contributed by atoms with van der Waals surface area (Å²) in [5, 5.41) is 13.0. The van der Waals surface area contributed by atoms with Crippen molar-refractivity contribution in [1.29, 1.82) is 0 Å². The van der Waals surface area contributed by atoms with Gasteiger partial charge in [0.2, 0.25) is 0 Å². The van der Waals surface area contributed by atoms with Crippen molar-refractivity contribution in [3.63, 3.8) is 0 Å². The van der Waals surface area contributed by atoms with E-state index in [1.807, 2.05) is 30.3 Å². The Morgan fingerprint density at radius 1 is 1.03 bits per heavy atom. The maximum absolute atomic E-state index is 12.3. The van der Waals surface area contributed by atoms with E-state index in [4.69, 9.17) is 18.9 Å². The van der Waals surface area contributed by atoms with Crippen LogP contribution < -0.4 is 14.8 Å². The minimum absolute atomic E-state index is 0.0684. The van der Waals surface area contributed by atoms with E-state index in [1.165, 1.54) is 0 Å². The first-order valence-electron chi connectivity index (χ1n) is 9.77. The van der Waals surface area contributed by atoms with Crippen LogP contribution in [0.15, 0.2) is 48.5 Å². The number of ether oxygens (including phenoxy) is 4.